The van der Waals surface area contributed by atoms with E-state index in [1.165, 1.54) is 6.20 Å². The standard InChI is InChI=1S/C26H26BrN5O3/c1-34-13-11-32(12-14-35-2)10-4-7-25(33)30-22-8-9-24-23(16-22)26(19(17-28)18-29-24)31-21-6-3-5-20(27)15-21/h3,5-6,8-9,15-16,18H,10-14H2,1-2H3,(H,29,31)(H,30,33). The lowest BCUT2D eigenvalue weighted by Gasteiger charge is -2.18. The van der Waals surface area contributed by atoms with Crippen molar-refractivity contribution >= 4 is 49.8 Å². The maximum absolute atomic E-state index is 12.5. The van der Waals surface area contributed by atoms with Gasteiger partial charge in [-0.15, -0.1) is 0 Å². The molecule has 1 amide bonds. The number of amides is 1. The van der Waals surface area contributed by atoms with Gasteiger partial charge in [0.25, 0.3) is 5.91 Å². The van der Waals surface area contributed by atoms with Gasteiger partial charge in [-0.05, 0) is 42.3 Å². The topological polar surface area (TPSA) is 99.5 Å². The van der Waals surface area contributed by atoms with E-state index in [-0.39, 0.29) is 0 Å². The molecule has 0 atom stereocenters. The number of carbonyl (C=O) groups is 1. The highest BCUT2D eigenvalue weighted by Gasteiger charge is 2.11. The molecular weight excluding hydrogens is 510 g/mol. The number of pyridine rings is 1. The number of anilines is 3. The summed E-state index contributed by atoms with van der Waals surface area (Å²) in [5, 5.41) is 16.5. The van der Waals surface area contributed by atoms with Crippen LogP contribution in [0.1, 0.15) is 5.56 Å². The minimum atomic E-state index is -0.423. The number of nitrogens with zero attached hydrogens (tertiary/aromatic N) is 3. The summed E-state index contributed by atoms with van der Waals surface area (Å²) >= 11 is 3.46. The summed E-state index contributed by atoms with van der Waals surface area (Å²) in [7, 11) is 3.29. The van der Waals surface area contributed by atoms with E-state index < -0.39 is 5.91 Å². The first-order chi connectivity index (χ1) is 17.0. The number of methoxy groups -OCH3 is 2. The van der Waals surface area contributed by atoms with Gasteiger partial charge >= 0.3 is 0 Å². The molecule has 35 heavy (non-hydrogen) atoms. The monoisotopic (exact) mass is 535 g/mol. The molecule has 3 aromatic rings. The molecule has 3 rings (SSSR count). The third-order valence-corrected chi connectivity index (χ3v) is 5.56. The minimum Gasteiger partial charge on any atom is -0.383 e. The number of ether oxygens (including phenoxy) is 2. The second-order valence-corrected chi connectivity index (χ2v) is 8.46. The molecule has 0 aliphatic carbocycles. The van der Waals surface area contributed by atoms with Crippen LogP contribution < -0.4 is 10.6 Å². The van der Waals surface area contributed by atoms with Crippen molar-refractivity contribution in [1.29, 1.82) is 5.26 Å². The lowest BCUT2D eigenvalue weighted by Crippen LogP contribution is -2.31. The number of aromatic nitrogens is 1. The van der Waals surface area contributed by atoms with Gasteiger partial charge in [-0.2, -0.15) is 5.26 Å². The number of hydrogen-bond acceptors (Lipinski definition) is 7. The van der Waals surface area contributed by atoms with Crippen molar-refractivity contribution in [3.63, 3.8) is 0 Å². The molecule has 0 fully saturated rings. The van der Waals surface area contributed by atoms with Crippen LogP contribution in [-0.4, -0.2) is 62.9 Å². The molecule has 0 saturated heterocycles. The predicted octanol–water partition coefficient (Wildman–Crippen LogP) is 4.15. The molecule has 2 aromatic carbocycles. The highest BCUT2D eigenvalue weighted by molar-refractivity contribution is 9.10. The molecule has 0 radical (unpaired) electrons. The Morgan fingerprint density at radius 3 is 2.57 bits per heavy atom. The third kappa shape index (κ3) is 7.78. The van der Waals surface area contributed by atoms with Gasteiger partial charge in [0.15, 0.2) is 0 Å². The summed E-state index contributed by atoms with van der Waals surface area (Å²) in [5.41, 5.74) is 3.08. The zero-order valence-electron chi connectivity index (χ0n) is 19.6. The number of fused-ring (bicyclic) bond motifs is 1. The smallest absolute Gasteiger partial charge is 0.300 e. The van der Waals surface area contributed by atoms with Gasteiger partial charge < -0.3 is 20.1 Å². The Morgan fingerprint density at radius 2 is 1.89 bits per heavy atom. The van der Waals surface area contributed by atoms with Gasteiger partial charge in [0, 0.05) is 54.7 Å². The van der Waals surface area contributed by atoms with Crippen LogP contribution >= 0.6 is 15.9 Å². The van der Waals surface area contributed by atoms with Crippen molar-refractivity contribution in [2.45, 2.75) is 0 Å². The molecule has 1 heterocycles. The number of halogens is 1. The molecule has 0 aliphatic rings. The Balaban J connectivity index is 1.78. The van der Waals surface area contributed by atoms with Crippen LogP contribution in [0.4, 0.5) is 17.1 Å². The lowest BCUT2D eigenvalue weighted by atomic mass is 10.1. The zero-order chi connectivity index (χ0) is 25.0. The van der Waals surface area contributed by atoms with Crippen LogP contribution in [0, 0.1) is 23.2 Å². The summed E-state index contributed by atoms with van der Waals surface area (Å²) in [6.07, 6.45) is 1.53. The Hall–Kier alpha value is -3.47. The summed E-state index contributed by atoms with van der Waals surface area (Å²) in [4.78, 5) is 18.9. The van der Waals surface area contributed by atoms with Crippen LogP contribution in [0.3, 0.4) is 0 Å². The molecular formula is C26H26BrN5O3. The molecule has 1 aromatic heterocycles. The maximum atomic E-state index is 12.5. The largest absolute Gasteiger partial charge is 0.383 e. The Labute approximate surface area is 213 Å². The zero-order valence-corrected chi connectivity index (χ0v) is 21.2. The Bertz CT molecular complexity index is 1270. The van der Waals surface area contributed by atoms with Crippen molar-refractivity contribution in [2.24, 2.45) is 0 Å². The molecule has 0 saturated carbocycles. The molecule has 2 N–H and O–H groups in total. The number of benzene rings is 2. The van der Waals surface area contributed by atoms with E-state index in [0.29, 0.717) is 60.7 Å². The van der Waals surface area contributed by atoms with E-state index in [1.807, 2.05) is 24.3 Å². The fourth-order valence-electron chi connectivity index (χ4n) is 3.30. The van der Waals surface area contributed by atoms with Crippen molar-refractivity contribution < 1.29 is 14.3 Å². The van der Waals surface area contributed by atoms with Gasteiger partial charge in [0.2, 0.25) is 0 Å². The number of nitriles is 1. The molecule has 0 unspecified atom stereocenters. The van der Waals surface area contributed by atoms with Crippen LogP contribution in [0.5, 0.6) is 0 Å². The molecule has 180 valence electrons. The summed E-state index contributed by atoms with van der Waals surface area (Å²) in [6.45, 7) is 2.97. The van der Waals surface area contributed by atoms with E-state index in [4.69, 9.17) is 9.47 Å². The fourth-order valence-corrected chi connectivity index (χ4v) is 3.70. The quantitative estimate of drug-likeness (QED) is 0.376. The van der Waals surface area contributed by atoms with E-state index in [1.54, 1.807) is 32.4 Å². The second kappa shape index (κ2) is 13.4. The Kier molecular flexibility index (Phi) is 10.0. The molecule has 0 bridgehead atoms. The van der Waals surface area contributed by atoms with Crippen molar-refractivity contribution in [3.05, 3.63) is 58.7 Å². The predicted molar refractivity (Wildman–Crippen MR) is 140 cm³/mol. The molecule has 0 spiro atoms. The van der Waals surface area contributed by atoms with E-state index >= 15 is 0 Å². The fraction of sp³-hybridized carbons (Fsp3) is 0.269. The number of rotatable bonds is 10. The molecule has 0 aliphatic heterocycles. The van der Waals surface area contributed by atoms with Crippen molar-refractivity contribution in [2.75, 3.05) is 57.7 Å². The maximum Gasteiger partial charge on any atom is 0.300 e. The summed E-state index contributed by atoms with van der Waals surface area (Å²) in [6, 6.07) is 15.2. The highest BCUT2D eigenvalue weighted by Crippen LogP contribution is 2.31. The van der Waals surface area contributed by atoms with Gasteiger partial charge in [-0.3, -0.25) is 14.7 Å². The van der Waals surface area contributed by atoms with Gasteiger partial charge in [0.1, 0.15) is 6.07 Å². The molecule has 9 heteroatoms. The van der Waals surface area contributed by atoms with Crippen LogP contribution in [0.25, 0.3) is 10.9 Å². The Morgan fingerprint density at radius 1 is 1.11 bits per heavy atom. The second-order valence-electron chi connectivity index (χ2n) is 7.54. The minimum absolute atomic E-state index is 0.396. The first-order valence-electron chi connectivity index (χ1n) is 10.9. The lowest BCUT2D eigenvalue weighted by molar-refractivity contribution is -0.111. The summed E-state index contributed by atoms with van der Waals surface area (Å²) in [5.74, 6) is 5.12. The highest BCUT2D eigenvalue weighted by atomic mass is 79.9. The average Bonchev–Trinajstić information content (AvgIpc) is 2.85. The van der Waals surface area contributed by atoms with Gasteiger partial charge in [-0.25, -0.2) is 0 Å². The normalized spacial score (nSPS) is 10.5. The van der Waals surface area contributed by atoms with Crippen LogP contribution in [-0.2, 0) is 14.3 Å². The van der Waals surface area contributed by atoms with Gasteiger partial charge in [-0.1, -0.05) is 27.9 Å². The van der Waals surface area contributed by atoms with Crippen molar-refractivity contribution in [1.82, 2.24) is 9.88 Å². The SMILES string of the molecule is COCCN(CC#CC(=O)Nc1ccc2ncc(C#N)c(Nc3cccc(Br)c3)c2c1)CCOC. The van der Waals surface area contributed by atoms with Crippen LogP contribution in [0.2, 0.25) is 0 Å². The average molecular weight is 536 g/mol. The van der Waals surface area contributed by atoms with E-state index in [0.717, 1.165) is 10.2 Å². The van der Waals surface area contributed by atoms with Crippen LogP contribution in [0.15, 0.2) is 53.1 Å². The van der Waals surface area contributed by atoms with Gasteiger partial charge in [0.05, 0.1) is 36.5 Å². The summed E-state index contributed by atoms with van der Waals surface area (Å²) < 4.78 is 11.2. The first kappa shape index (κ1) is 26.1. The first-order valence-corrected chi connectivity index (χ1v) is 11.7. The van der Waals surface area contributed by atoms with Crippen molar-refractivity contribution in [3.8, 4) is 17.9 Å². The number of nitrogens with one attached hydrogen (secondary N) is 2. The molecule has 8 nitrogen and oxygen atoms in total. The van der Waals surface area contributed by atoms with E-state index in [9.17, 15) is 10.1 Å². The number of hydrogen-bond donors (Lipinski definition) is 2. The third-order valence-electron chi connectivity index (χ3n) is 5.07. The number of carbonyl (C=O) groups excluding carboxylic acids is 1. The van der Waals surface area contributed by atoms with E-state index in [2.05, 4.69) is 54.4 Å².